The fraction of sp³-hybridized carbons (Fsp3) is 0.500. The summed E-state index contributed by atoms with van der Waals surface area (Å²) in [6.45, 7) is 3.25. The van der Waals surface area contributed by atoms with E-state index in [1.807, 2.05) is 6.07 Å². The minimum absolute atomic E-state index is 0.0737. The Morgan fingerprint density at radius 1 is 1.00 bits per heavy atom. The molecule has 8 nitrogen and oxygen atoms in total. The SMILES string of the molecule is CC(CC(=O)N1CCN(C(=O)C(=O)NC2CC2)CC1)NC(=O)c1ccccc1. The largest absolute Gasteiger partial charge is 0.349 e. The lowest BCUT2D eigenvalue weighted by molar-refractivity contribution is -0.148. The van der Waals surface area contributed by atoms with Crippen LogP contribution < -0.4 is 10.6 Å². The molecule has 1 atom stereocenters. The zero-order chi connectivity index (χ0) is 20.1. The molecule has 28 heavy (non-hydrogen) atoms. The van der Waals surface area contributed by atoms with Crippen LogP contribution in [0, 0.1) is 0 Å². The number of nitrogens with zero attached hydrogens (tertiary/aromatic N) is 2. The van der Waals surface area contributed by atoms with E-state index in [1.165, 1.54) is 4.90 Å². The molecule has 1 heterocycles. The number of carbonyl (C=O) groups is 4. The fourth-order valence-corrected chi connectivity index (χ4v) is 3.12. The molecule has 2 N–H and O–H groups in total. The quantitative estimate of drug-likeness (QED) is 0.704. The van der Waals surface area contributed by atoms with Crippen LogP contribution in [-0.2, 0) is 14.4 Å². The fourth-order valence-electron chi connectivity index (χ4n) is 3.12. The van der Waals surface area contributed by atoms with Crippen LogP contribution in [0.2, 0.25) is 0 Å². The lowest BCUT2D eigenvalue weighted by Gasteiger charge is -2.34. The first-order valence-electron chi connectivity index (χ1n) is 9.67. The molecule has 1 aromatic rings. The zero-order valence-electron chi connectivity index (χ0n) is 16.0. The average Bonchev–Trinajstić information content (AvgIpc) is 3.52. The molecule has 1 aliphatic heterocycles. The van der Waals surface area contributed by atoms with Crippen molar-refractivity contribution in [3.05, 3.63) is 35.9 Å². The minimum atomic E-state index is -0.556. The van der Waals surface area contributed by atoms with Crippen LogP contribution in [-0.4, -0.2) is 71.7 Å². The van der Waals surface area contributed by atoms with Gasteiger partial charge in [0.15, 0.2) is 0 Å². The molecule has 4 amide bonds. The van der Waals surface area contributed by atoms with Crippen molar-refractivity contribution >= 4 is 23.6 Å². The van der Waals surface area contributed by atoms with Crippen molar-refractivity contribution < 1.29 is 19.2 Å². The number of piperazine rings is 1. The highest BCUT2D eigenvalue weighted by Gasteiger charge is 2.31. The second-order valence-electron chi connectivity index (χ2n) is 7.37. The van der Waals surface area contributed by atoms with Crippen molar-refractivity contribution in [2.45, 2.75) is 38.3 Å². The van der Waals surface area contributed by atoms with E-state index in [0.29, 0.717) is 31.7 Å². The molecule has 0 radical (unpaired) electrons. The third kappa shape index (κ3) is 5.31. The molecule has 2 fully saturated rings. The molecule has 0 spiro atoms. The monoisotopic (exact) mass is 386 g/mol. The molecule has 8 heteroatoms. The van der Waals surface area contributed by atoms with E-state index >= 15 is 0 Å². The lowest BCUT2D eigenvalue weighted by atomic mass is 10.1. The summed E-state index contributed by atoms with van der Waals surface area (Å²) in [6.07, 6.45) is 2.05. The van der Waals surface area contributed by atoms with Gasteiger partial charge in [0.2, 0.25) is 5.91 Å². The van der Waals surface area contributed by atoms with Crippen molar-refractivity contribution in [2.24, 2.45) is 0 Å². The summed E-state index contributed by atoms with van der Waals surface area (Å²) in [4.78, 5) is 51.8. The van der Waals surface area contributed by atoms with E-state index in [-0.39, 0.29) is 30.3 Å². The van der Waals surface area contributed by atoms with Crippen LogP contribution >= 0.6 is 0 Å². The number of amides is 4. The molecular formula is C20H26N4O4. The molecule has 1 aliphatic carbocycles. The predicted molar refractivity (Wildman–Crippen MR) is 102 cm³/mol. The van der Waals surface area contributed by atoms with Crippen molar-refractivity contribution in [3.63, 3.8) is 0 Å². The maximum Gasteiger partial charge on any atom is 0.312 e. The molecule has 150 valence electrons. The Morgan fingerprint density at radius 3 is 2.21 bits per heavy atom. The molecule has 1 saturated heterocycles. The Bertz CT molecular complexity index is 740. The molecule has 1 aromatic carbocycles. The summed E-state index contributed by atoms with van der Waals surface area (Å²) >= 11 is 0. The number of nitrogens with one attached hydrogen (secondary N) is 2. The molecule has 0 aromatic heterocycles. The Labute approximate surface area is 164 Å². The van der Waals surface area contributed by atoms with Crippen LogP contribution in [0.5, 0.6) is 0 Å². The van der Waals surface area contributed by atoms with Gasteiger partial charge in [0.25, 0.3) is 5.91 Å². The van der Waals surface area contributed by atoms with Crippen molar-refractivity contribution in [3.8, 4) is 0 Å². The van der Waals surface area contributed by atoms with Gasteiger partial charge in [-0.3, -0.25) is 19.2 Å². The number of hydrogen-bond acceptors (Lipinski definition) is 4. The van der Waals surface area contributed by atoms with Gasteiger partial charge in [-0.05, 0) is 31.9 Å². The smallest absolute Gasteiger partial charge is 0.312 e. The first-order valence-corrected chi connectivity index (χ1v) is 9.67. The topological polar surface area (TPSA) is 98.8 Å². The summed E-state index contributed by atoms with van der Waals surface area (Å²) in [6, 6.07) is 8.70. The van der Waals surface area contributed by atoms with Crippen molar-refractivity contribution in [2.75, 3.05) is 26.2 Å². The van der Waals surface area contributed by atoms with E-state index in [4.69, 9.17) is 0 Å². The predicted octanol–water partition coefficient (Wildman–Crippen LogP) is 0.144. The third-order valence-corrected chi connectivity index (χ3v) is 4.92. The molecule has 3 rings (SSSR count). The van der Waals surface area contributed by atoms with Gasteiger partial charge >= 0.3 is 11.8 Å². The number of carbonyl (C=O) groups excluding carboxylic acids is 4. The highest BCUT2D eigenvalue weighted by atomic mass is 16.2. The zero-order valence-corrected chi connectivity index (χ0v) is 16.0. The second-order valence-corrected chi connectivity index (χ2v) is 7.37. The minimum Gasteiger partial charge on any atom is -0.349 e. The Balaban J connectivity index is 1.41. The molecule has 0 bridgehead atoms. The van der Waals surface area contributed by atoms with E-state index in [0.717, 1.165) is 12.8 Å². The Hall–Kier alpha value is -2.90. The van der Waals surface area contributed by atoms with Crippen molar-refractivity contribution in [1.29, 1.82) is 0 Å². The van der Waals surface area contributed by atoms with Gasteiger partial charge in [-0.2, -0.15) is 0 Å². The summed E-state index contributed by atoms with van der Waals surface area (Å²) in [5.74, 6) is -1.37. The summed E-state index contributed by atoms with van der Waals surface area (Å²) in [5.41, 5.74) is 0.554. The highest BCUT2D eigenvalue weighted by Crippen LogP contribution is 2.18. The van der Waals surface area contributed by atoms with Crippen LogP contribution in [0.4, 0.5) is 0 Å². The normalized spacial score (nSPS) is 17.6. The first kappa shape index (κ1) is 19.9. The third-order valence-electron chi connectivity index (χ3n) is 4.92. The van der Waals surface area contributed by atoms with Gasteiger partial charge in [-0.25, -0.2) is 0 Å². The standard InChI is InChI=1S/C20H26N4O4/c1-14(21-18(26)15-5-3-2-4-6-15)13-17(25)23-9-11-24(12-10-23)20(28)19(27)22-16-7-8-16/h2-6,14,16H,7-13H2,1H3,(H,21,26)(H,22,27). The first-order chi connectivity index (χ1) is 13.4. The Morgan fingerprint density at radius 2 is 1.61 bits per heavy atom. The van der Waals surface area contributed by atoms with E-state index < -0.39 is 11.8 Å². The number of benzene rings is 1. The van der Waals surface area contributed by atoms with Gasteiger partial charge < -0.3 is 20.4 Å². The van der Waals surface area contributed by atoms with E-state index in [9.17, 15) is 19.2 Å². The molecule has 2 aliphatic rings. The highest BCUT2D eigenvalue weighted by molar-refractivity contribution is 6.35. The van der Waals surface area contributed by atoms with Gasteiger partial charge in [0.1, 0.15) is 0 Å². The van der Waals surface area contributed by atoms with Crippen LogP contribution in [0.1, 0.15) is 36.5 Å². The van der Waals surface area contributed by atoms with E-state index in [1.54, 1.807) is 36.1 Å². The summed E-state index contributed by atoms with van der Waals surface area (Å²) < 4.78 is 0. The van der Waals surface area contributed by atoms with Crippen LogP contribution in [0.25, 0.3) is 0 Å². The van der Waals surface area contributed by atoms with Gasteiger partial charge in [0.05, 0.1) is 0 Å². The maximum atomic E-state index is 12.5. The summed E-state index contributed by atoms with van der Waals surface area (Å²) in [7, 11) is 0. The second kappa shape index (κ2) is 8.86. The maximum absolute atomic E-state index is 12.5. The van der Waals surface area contributed by atoms with E-state index in [2.05, 4.69) is 10.6 Å². The molecule has 1 saturated carbocycles. The molecule has 1 unspecified atom stereocenters. The summed E-state index contributed by atoms with van der Waals surface area (Å²) in [5, 5.41) is 5.52. The Kier molecular flexibility index (Phi) is 6.28. The van der Waals surface area contributed by atoms with Gasteiger partial charge in [-0.1, -0.05) is 18.2 Å². The number of rotatable bonds is 5. The number of hydrogen-bond donors (Lipinski definition) is 2. The van der Waals surface area contributed by atoms with Crippen molar-refractivity contribution in [1.82, 2.24) is 20.4 Å². The molecular weight excluding hydrogens is 360 g/mol. The lowest BCUT2D eigenvalue weighted by Crippen LogP contribution is -2.54. The van der Waals surface area contributed by atoms with Crippen LogP contribution in [0.3, 0.4) is 0 Å². The van der Waals surface area contributed by atoms with Crippen LogP contribution in [0.15, 0.2) is 30.3 Å². The van der Waals surface area contributed by atoms with Gasteiger partial charge in [0, 0.05) is 50.2 Å². The van der Waals surface area contributed by atoms with Gasteiger partial charge in [-0.15, -0.1) is 0 Å². The average molecular weight is 386 g/mol.